The summed E-state index contributed by atoms with van der Waals surface area (Å²) in [5, 5.41) is 7.66. The number of hydrogen-bond donors (Lipinski definition) is 1. The second-order valence-electron chi connectivity index (χ2n) is 8.86. The Morgan fingerprint density at radius 2 is 1.66 bits per heavy atom. The van der Waals surface area contributed by atoms with Gasteiger partial charge in [0.25, 0.3) is 0 Å². The fraction of sp³-hybridized carbons (Fsp3) is 0.308. The second kappa shape index (κ2) is 11.8. The molecule has 2 aromatic carbocycles. The Bertz CT molecular complexity index is 1610. The van der Waals surface area contributed by atoms with Gasteiger partial charge in [0.05, 0.1) is 19.2 Å². The Morgan fingerprint density at radius 1 is 1.00 bits per heavy atom. The second-order valence-corrected chi connectivity index (χ2v) is 11.3. The third-order valence-electron chi connectivity index (χ3n) is 6.41. The standard InChI is InChI=1S/C26H27ClN6O7S/c1-15(23(38-4)24-28-12-16(27)13-29-24)41(34,35)32-26-31-30-25(21-14-39-17-8-5-6-9-18(17)40-21)33(26)22-19(36-2)10-7-11-20(22)37-3/h5-13,15,21,23H,14H2,1-4H3,(H,31,32)/t15-,21-,23-/m0/s1. The van der Waals surface area contributed by atoms with Crippen LogP contribution in [0.25, 0.3) is 5.69 Å². The largest absolute Gasteiger partial charge is 0.494 e. The molecular weight excluding hydrogens is 576 g/mol. The molecule has 0 bridgehead atoms. The van der Waals surface area contributed by atoms with Crippen LogP contribution >= 0.6 is 11.6 Å². The van der Waals surface area contributed by atoms with Gasteiger partial charge in [-0.05, 0) is 31.2 Å². The van der Waals surface area contributed by atoms with Crippen LogP contribution in [-0.4, -0.2) is 66.3 Å². The van der Waals surface area contributed by atoms with E-state index in [0.717, 1.165) is 0 Å². The average molecular weight is 603 g/mol. The van der Waals surface area contributed by atoms with Gasteiger partial charge in [-0.2, -0.15) is 0 Å². The first kappa shape index (κ1) is 28.4. The highest BCUT2D eigenvalue weighted by Gasteiger charge is 2.36. The molecule has 0 radical (unpaired) electrons. The minimum absolute atomic E-state index is 0.0927. The van der Waals surface area contributed by atoms with Gasteiger partial charge in [-0.25, -0.2) is 18.4 Å². The lowest BCUT2D eigenvalue weighted by atomic mass is 10.2. The maximum Gasteiger partial charge on any atom is 0.243 e. The van der Waals surface area contributed by atoms with Crippen molar-refractivity contribution < 1.29 is 32.1 Å². The van der Waals surface area contributed by atoms with Crippen LogP contribution < -0.4 is 23.7 Å². The highest BCUT2D eigenvalue weighted by Crippen LogP contribution is 2.40. The van der Waals surface area contributed by atoms with Gasteiger partial charge in [0, 0.05) is 19.5 Å². The van der Waals surface area contributed by atoms with E-state index in [0.29, 0.717) is 33.7 Å². The number of sulfonamides is 1. The number of ether oxygens (including phenoxy) is 5. The molecule has 3 heterocycles. The minimum Gasteiger partial charge on any atom is -0.494 e. The van der Waals surface area contributed by atoms with Crippen LogP contribution in [0.5, 0.6) is 23.0 Å². The molecule has 0 fully saturated rings. The predicted molar refractivity (Wildman–Crippen MR) is 149 cm³/mol. The molecule has 0 saturated carbocycles. The molecule has 0 spiro atoms. The van der Waals surface area contributed by atoms with Crippen molar-refractivity contribution in [3.8, 4) is 28.7 Å². The van der Waals surface area contributed by atoms with E-state index >= 15 is 0 Å². The van der Waals surface area contributed by atoms with Crippen LogP contribution in [-0.2, 0) is 14.8 Å². The smallest absolute Gasteiger partial charge is 0.243 e. The van der Waals surface area contributed by atoms with Crippen LogP contribution in [0.1, 0.15) is 30.8 Å². The fourth-order valence-electron chi connectivity index (χ4n) is 4.35. The van der Waals surface area contributed by atoms with Gasteiger partial charge in [-0.3, -0.25) is 9.29 Å². The molecule has 0 aliphatic carbocycles. The lowest BCUT2D eigenvalue weighted by molar-refractivity contribution is 0.0837. The van der Waals surface area contributed by atoms with Crippen molar-refractivity contribution in [2.75, 3.05) is 32.7 Å². The summed E-state index contributed by atoms with van der Waals surface area (Å²) in [5.41, 5.74) is 0.356. The van der Waals surface area contributed by atoms with Gasteiger partial charge in [0.2, 0.25) is 16.0 Å². The number of nitrogens with zero attached hydrogens (tertiary/aromatic N) is 5. The lowest BCUT2D eigenvalue weighted by Gasteiger charge is -2.27. The summed E-state index contributed by atoms with van der Waals surface area (Å²) < 4.78 is 60.2. The number of fused-ring (bicyclic) bond motifs is 1. The predicted octanol–water partition coefficient (Wildman–Crippen LogP) is 3.76. The molecule has 13 nitrogen and oxygen atoms in total. The zero-order valence-electron chi connectivity index (χ0n) is 22.5. The van der Waals surface area contributed by atoms with E-state index in [4.69, 9.17) is 35.3 Å². The van der Waals surface area contributed by atoms with Crippen molar-refractivity contribution in [2.24, 2.45) is 0 Å². The lowest BCUT2D eigenvalue weighted by Crippen LogP contribution is -2.33. The van der Waals surface area contributed by atoms with Crippen LogP contribution in [0.3, 0.4) is 0 Å². The van der Waals surface area contributed by atoms with Gasteiger partial charge in [0.15, 0.2) is 29.3 Å². The Balaban J connectivity index is 1.58. The van der Waals surface area contributed by atoms with E-state index in [1.165, 1.54) is 45.2 Å². The summed E-state index contributed by atoms with van der Waals surface area (Å²) in [6.07, 6.45) is 0.957. The number of para-hydroxylation sites is 3. The van der Waals surface area contributed by atoms with Crippen molar-refractivity contribution in [1.29, 1.82) is 0 Å². The van der Waals surface area contributed by atoms with E-state index < -0.39 is 27.5 Å². The van der Waals surface area contributed by atoms with Crippen molar-refractivity contribution in [1.82, 2.24) is 24.7 Å². The van der Waals surface area contributed by atoms with Crippen LogP contribution in [0.2, 0.25) is 5.02 Å². The first-order chi connectivity index (χ1) is 19.8. The third kappa shape index (κ3) is 5.58. The van der Waals surface area contributed by atoms with E-state index in [1.54, 1.807) is 30.3 Å². The molecule has 1 N–H and O–H groups in total. The van der Waals surface area contributed by atoms with Crippen molar-refractivity contribution in [3.05, 3.63) is 71.5 Å². The zero-order valence-corrected chi connectivity index (χ0v) is 24.1. The number of aromatic nitrogens is 5. The molecule has 2 aromatic heterocycles. The maximum atomic E-state index is 13.7. The Labute approximate surface area is 241 Å². The minimum atomic E-state index is -4.18. The third-order valence-corrected chi connectivity index (χ3v) is 8.30. The summed E-state index contributed by atoms with van der Waals surface area (Å²) in [6, 6.07) is 12.3. The average Bonchev–Trinajstić information content (AvgIpc) is 3.39. The number of hydrogen-bond acceptors (Lipinski definition) is 11. The van der Waals surface area contributed by atoms with Gasteiger partial charge < -0.3 is 23.7 Å². The quantitative estimate of drug-likeness (QED) is 0.283. The normalized spacial score (nSPS) is 16.1. The highest BCUT2D eigenvalue weighted by molar-refractivity contribution is 7.93. The number of methoxy groups -OCH3 is 3. The maximum absolute atomic E-state index is 13.7. The van der Waals surface area contributed by atoms with Crippen molar-refractivity contribution in [3.63, 3.8) is 0 Å². The van der Waals surface area contributed by atoms with Gasteiger partial charge >= 0.3 is 0 Å². The monoisotopic (exact) mass is 602 g/mol. The van der Waals surface area contributed by atoms with E-state index in [2.05, 4.69) is 24.9 Å². The summed E-state index contributed by atoms with van der Waals surface area (Å²) in [4.78, 5) is 8.26. The summed E-state index contributed by atoms with van der Waals surface area (Å²) in [5.74, 6) is 2.10. The van der Waals surface area contributed by atoms with Crippen molar-refractivity contribution >= 4 is 27.6 Å². The van der Waals surface area contributed by atoms with Crippen LogP contribution in [0.15, 0.2) is 54.9 Å². The molecule has 1 aliphatic heterocycles. The molecule has 0 unspecified atom stereocenters. The number of halogens is 1. The molecule has 4 aromatic rings. The molecule has 5 rings (SSSR count). The topological polar surface area (TPSA) is 149 Å². The number of anilines is 1. The molecule has 3 atom stereocenters. The Kier molecular flexibility index (Phi) is 8.15. The molecule has 216 valence electrons. The van der Waals surface area contributed by atoms with E-state index in [-0.39, 0.29) is 24.2 Å². The first-order valence-corrected chi connectivity index (χ1v) is 14.3. The molecule has 0 amide bonds. The zero-order chi connectivity index (χ0) is 29.1. The molecule has 1 aliphatic rings. The molecule has 0 saturated heterocycles. The van der Waals surface area contributed by atoms with Gasteiger partial charge in [0.1, 0.15) is 35.1 Å². The summed E-state index contributed by atoms with van der Waals surface area (Å²) in [6.45, 7) is 1.56. The summed E-state index contributed by atoms with van der Waals surface area (Å²) >= 11 is 5.90. The SMILES string of the molecule is COc1cccc(OC)c1-n1c(NS(=O)(=O)[C@@H](C)[C@H](OC)c2ncc(Cl)cn2)nnc1[C@@H]1COc2ccccc2O1. The Hall–Kier alpha value is -4.14. The van der Waals surface area contributed by atoms with Gasteiger partial charge in [-0.1, -0.05) is 29.8 Å². The van der Waals surface area contributed by atoms with Crippen LogP contribution in [0, 0.1) is 0 Å². The molecular formula is C26H27ClN6O7S. The van der Waals surface area contributed by atoms with E-state index in [9.17, 15) is 8.42 Å². The van der Waals surface area contributed by atoms with Crippen molar-refractivity contribution in [2.45, 2.75) is 24.4 Å². The number of rotatable bonds is 10. The molecule has 15 heteroatoms. The summed E-state index contributed by atoms with van der Waals surface area (Å²) in [7, 11) is 0.157. The Morgan fingerprint density at radius 3 is 2.29 bits per heavy atom. The number of nitrogens with one attached hydrogen (secondary N) is 1. The fourth-order valence-corrected chi connectivity index (χ4v) is 5.58. The van der Waals surface area contributed by atoms with Gasteiger partial charge in [-0.15, -0.1) is 10.2 Å². The molecule has 41 heavy (non-hydrogen) atoms. The van der Waals surface area contributed by atoms with Crippen LogP contribution in [0.4, 0.5) is 5.95 Å². The van der Waals surface area contributed by atoms with E-state index in [1.807, 2.05) is 12.1 Å². The number of benzene rings is 2. The first-order valence-electron chi connectivity index (χ1n) is 12.3. The highest BCUT2D eigenvalue weighted by atomic mass is 35.5.